The molecule has 0 bridgehead atoms. The predicted molar refractivity (Wildman–Crippen MR) is 151 cm³/mol. The molecular weight excluding hydrogens is 541 g/mol. The zero-order chi connectivity index (χ0) is 28.3. The number of amides is 3. The van der Waals surface area contributed by atoms with E-state index >= 15 is 0 Å². The predicted octanol–water partition coefficient (Wildman–Crippen LogP) is 5.88. The lowest BCUT2D eigenvalue weighted by atomic mass is 10.1. The molecular formula is C28H33Cl2N5O4. The maximum Gasteiger partial charge on any atom is 0.407 e. The molecule has 2 heterocycles. The lowest BCUT2D eigenvalue weighted by Crippen LogP contribution is -2.39. The van der Waals surface area contributed by atoms with Gasteiger partial charge in [0.05, 0.1) is 27.7 Å². The van der Waals surface area contributed by atoms with Gasteiger partial charge in [-0.25, -0.2) is 9.78 Å². The highest BCUT2D eigenvalue weighted by Gasteiger charge is 2.30. The minimum atomic E-state index is -0.570. The van der Waals surface area contributed by atoms with Crippen molar-refractivity contribution in [3.63, 3.8) is 0 Å². The number of carbonyl (C=O) groups excluding carboxylic acids is 3. The third kappa shape index (κ3) is 7.22. The SMILES string of the molecule is CC(NC(=O)c1ccc(C(=O)N2CCC[C@H]2CCNC(=O)OC(C)(C)C)c(Cl)c1)c1nc2ccc(Cl)cc2[nH]1. The van der Waals surface area contributed by atoms with Crippen LogP contribution in [0.5, 0.6) is 0 Å². The van der Waals surface area contributed by atoms with Crippen molar-refractivity contribution in [1.29, 1.82) is 0 Å². The molecule has 1 aromatic heterocycles. The van der Waals surface area contributed by atoms with E-state index in [0.717, 1.165) is 23.9 Å². The van der Waals surface area contributed by atoms with Crippen molar-refractivity contribution in [3.05, 3.63) is 63.4 Å². The smallest absolute Gasteiger partial charge is 0.407 e. The molecule has 9 nitrogen and oxygen atoms in total. The van der Waals surface area contributed by atoms with Gasteiger partial charge in [0, 0.05) is 29.7 Å². The Hall–Kier alpha value is -3.30. The Morgan fingerprint density at radius 1 is 1.18 bits per heavy atom. The lowest BCUT2D eigenvalue weighted by molar-refractivity contribution is 0.0523. The lowest BCUT2D eigenvalue weighted by Gasteiger charge is -2.26. The van der Waals surface area contributed by atoms with Gasteiger partial charge in [0.15, 0.2) is 0 Å². The summed E-state index contributed by atoms with van der Waals surface area (Å²) >= 11 is 12.5. The molecule has 1 fully saturated rings. The monoisotopic (exact) mass is 573 g/mol. The summed E-state index contributed by atoms with van der Waals surface area (Å²) < 4.78 is 5.27. The van der Waals surface area contributed by atoms with Gasteiger partial charge in [0.25, 0.3) is 11.8 Å². The summed E-state index contributed by atoms with van der Waals surface area (Å²) in [6.45, 7) is 8.24. The van der Waals surface area contributed by atoms with Crippen LogP contribution >= 0.6 is 23.2 Å². The number of carbonyl (C=O) groups is 3. The van der Waals surface area contributed by atoms with E-state index in [1.807, 2.05) is 13.0 Å². The molecule has 1 unspecified atom stereocenters. The van der Waals surface area contributed by atoms with Crippen LogP contribution < -0.4 is 10.6 Å². The van der Waals surface area contributed by atoms with Crippen molar-refractivity contribution in [3.8, 4) is 0 Å². The molecule has 1 saturated heterocycles. The maximum absolute atomic E-state index is 13.3. The molecule has 1 aliphatic rings. The Morgan fingerprint density at radius 3 is 2.67 bits per heavy atom. The first kappa shape index (κ1) is 28.7. The van der Waals surface area contributed by atoms with E-state index in [2.05, 4.69) is 20.6 Å². The molecule has 0 spiro atoms. The van der Waals surface area contributed by atoms with E-state index in [4.69, 9.17) is 27.9 Å². The van der Waals surface area contributed by atoms with Crippen LogP contribution in [0.15, 0.2) is 36.4 Å². The third-order valence-corrected chi connectivity index (χ3v) is 7.01. The van der Waals surface area contributed by atoms with E-state index in [0.29, 0.717) is 41.5 Å². The molecule has 3 amide bonds. The van der Waals surface area contributed by atoms with Crippen LogP contribution in [0, 0.1) is 0 Å². The van der Waals surface area contributed by atoms with Crippen molar-refractivity contribution in [2.75, 3.05) is 13.1 Å². The number of aromatic nitrogens is 2. The Bertz CT molecular complexity index is 1380. The molecule has 4 rings (SSSR count). The number of nitrogens with one attached hydrogen (secondary N) is 3. The second-order valence-electron chi connectivity index (χ2n) is 10.7. The van der Waals surface area contributed by atoms with Gasteiger partial charge in [0.1, 0.15) is 11.4 Å². The Morgan fingerprint density at radius 2 is 1.95 bits per heavy atom. The second kappa shape index (κ2) is 11.8. The summed E-state index contributed by atoms with van der Waals surface area (Å²) in [5.74, 6) is 0.0647. The highest BCUT2D eigenvalue weighted by atomic mass is 35.5. The van der Waals surface area contributed by atoms with Crippen LogP contribution in [0.4, 0.5) is 4.79 Å². The van der Waals surface area contributed by atoms with E-state index < -0.39 is 17.7 Å². The van der Waals surface area contributed by atoms with Gasteiger partial charge in [-0.3, -0.25) is 9.59 Å². The summed E-state index contributed by atoms with van der Waals surface area (Å²) in [6.07, 6.45) is 1.84. The Labute approximate surface area is 237 Å². The van der Waals surface area contributed by atoms with Crippen LogP contribution in [0.1, 0.15) is 79.5 Å². The van der Waals surface area contributed by atoms with Gasteiger partial charge in [-0.15, -0.1) is 0 Å². The average Bonchev–Trinajstić information content (AvgIpc) is 3.49. The van der Waals surface area contributed by atoms with Gasteiger partial charge >= 0.3 is 6.09 Å². The number of halogens is 2. The highest BCUT2D eigenvalue weighted by molar-refractivity contribution is 6.34. The van der Waals surface area contributed by atoms with Crippen LogP contribution in [0.25, 0.3) is 11.0 Å². The molecule has 208 valence electrons. The minimum absolute atomic E-state index is 0.0222. The zero-order valence-corrected chi connectivity index (χ0v) is 23.9. The Kier molecular flexibility index (Phi) is 8.71. The number of H-pyrrole nitrogens is 1. The van der Waals surface area contributed by atoms with E-state index in [-0.39, 0.29) is 22.9 Å². The number of benzene rings is 2. The first-order chi connectivity index (χ1) is 18.4. The molecule has 2 aromatic carbocycles. The summed E-state index contributed by atoms with van der Waals surface area (Å²) in [6, 6.07) is 9.60. The molecule has 11 heteroatoms. The van der Waals surface area contributed by atoms with E-state index in [1.165, 1.54) is 6.07 Å². The number of ether oxygens (including phenoxy) is 1. The molecule has 1 aliphatic heterocycles. The fourth-order valence-corrected chi connectivity index (χ4v) is 5.03. The summed E-state index contributed by atoms with van der Waals surface area (Å²) in [7, 11) is 0. The highest BCUT2D eigenvalue weighted by Crippen LogP contribution is 2.27. The number of hydrogen-bond acceptors (Lipinski definition) is 5. The standard InChI is InChI=1S/C28H33Cl2N5O4/c1-16(24-33-22-10-8-18(29)15-23(22)34-24)32-25(36)17-7-9-20(21(30)14-17)26(37)35-13-5-6-19(35)11-12-31-27(38)39-28(2,3)4/h7-10,14-16,19H,5-6,11-13H2,1-4H3,(H,31,38)(H,32,36)(H,33,34)/t16?,19-/m0/s1. The van der Waals surface area contributed by atoms with E-state index in [9.17, 15) is 14.4 Å². The molecule has 3 aromatic rings. The average molecular weight is 575 g/mol. The number of likely N-dealkylation sites (tertiary alicyclic amines) is 1. The quantitative estimate of drug-likeness (QED) is 0.326. The molecule has 0 saturated carbocycles. The fourth-order valence-electron chi connectivity index (χ4n) is 4.60. The third-order valence-electron chi connectivity index (χ3n) is 6.47. The van der Waals surface area contributed by atoms with Crippen LogP contribution in [-0.4, -0.2) is 57.5 Å². The number of rotatable bonds is 7. The van der Waals surface area contributed by atoms with Crippen molar-refractivity contribution in [2.24, 2.45) is 0 Å². The summed E-state index contributed by atoms with van der Waals surface area (Å²) in [5.41, 5.74) is 1.64. The summed E-state index contributed by atoms with van der Waals surface area (Å²) in [5, 5.41) is 6.46. The second-order valence-corrected chi connectivity index (χ2v) is 11.5. The normalized spacial score (nSPS) is 16.3. The number of alkyl carbamates (subject to hydrolysis) is 1. The number of imidazole rings is 1. The van der Waals surface area contributed by atoms with Crippen molar-refractivity contribution in [1.82, 2.24) is 25.5 Å². The van der Waals surface area contributed by atoms with Gasteiger partial charge in [-0.2, -0.15) is 0 Å². The van der Waals surface area contributed by atoms with Gasteiger partial charge < -0.3 is 25.3 Å². The van der Waals surface area contributed by atoms with Crippen molar-refractivity contribution >= 4 is 52.1 Å². The summed E-state index contributed by atoms with van der Waals surface area (Å²) in [4.78, 5) is 47.7. The molecule has 2 atom stereocenters. The van der Waals surface area contributed by atoms with Gasteiger partial charge in [-0.1, -0.05) is 23.2 Å². The Balaban J connectivity index is 1.36. The first-order valence-corrected chi connectivity index (χ1v) is 13.7. The number of hydrogen-bond donors (Lipinski definition) is 3. The topological polar surface area (TPSA) is 116 Å². The number of fused-ring (bicyclic) bond motifs is 1. The van der Waals surface area contributed by atoms with Crippen LogP contribution in [0.3, 0.4) is 0 Å². The van der Waals surface area contributed by atoms with Crippen molar-refractivity contribution < 1.29 is 19.1 Å². The zero-order valence-electron chi connectivity index (χ0n) is 22.4. The largest absolute Gasteiger partial charge is 0.444 e. The van der Waals surface area contributed by atoms with E-state index in [1.54, 1.807) is 49.9 Å². The number of nitrogens with zero attached hydrogens (tertiary/aromatic N) is 2. The first-order valence-electron chi connectivity index (χ1n) is 12.9. The fraction of sp³-hybridized carbons (Fsp3) is 0.429. The van der Waals surface area contributed by atoms with Gasteiger partial charge in [-0.05, 0) is 83.4 Å². The van der Waals surface area contributed by atoms with Crippen LogP contribution in [0.2, 0.25) is 10.0 Å². The van der Waals surface area contributed by atoms with Crippen molar-refractivity contribution in [2.45, 2.75) is 64.6 Å². The minimum Gasteiger partial charge on any atom is -0.444 e. The molecule has 39 heavy (non-hydrogen) atoms. The molecule has 0 aliphatic carbocycles. The van der Waals surface area contributed by atoms with Crippen LogP contribution in [-0.2, 0) is 4.74 Å². The maximum atomic E-state index is 13.3. The van der Waals surface area contributed by atoms with Gasteiger partial charge in [0.2, 0.25) is 0 Å². The molecule has 0 radical (unpaired) electrons. The molecule has 3 N–H and O–H groups in total. The number of aromatic amines is 1.